The van der Waals surface area contributed by atoms with Gasteiger partial charge in [0.15, 0.2) is 0 Å². The lowest BCUT2D eigenvalue weighted by molar-refractivity contribution is 0.240. The van der Waals surface area contributed by atoms with Crippen molar-refractivity contribution in [2.24, 2.45) is 5.92 Å². The largest absolute Gasteiger partial charge is 0.338 e. The van der Waals surface area contributed by atoms with Crippen LogP contribution in [0, 0.1) is 5.92 Å². The number of carbonyl (C=O) groups excluding carboxylic acids is 1. The van der Waals surface area contributed by atoms with Gasteiger partial charge in [0.25, 0.3) is 0 Å². The summed E-state index contributed by atoms with van der Waals surface area (Å²) in [7, 11) is 0. The highest BCUT2D eigenvalue weighted by Crippen LogP contribution is 2.10. The molecule has 4 heteroatoms. The van der Waals surface area contributed by atoms with Crippen LogP contribution >= 0.6 is 15.9 Å². The first-order chi connectivity index (χ1) is 8.58. The number of hydrogen-bond acceptors (Lipinski definition) is 1. The maximum absolute atomic E-state index is 11.4. The van der Waals surface area contributed by atoms with Crippen molar-refractivity contribution in [3.8, 4) is 0 Å². The summed E-state index contributed by atoms with van der Waals surface area (Å²) in [5.74, 6) is 0.619. The predicted octanol–water partition coefficient (Wildman–Crippen LogP) is 3.34. The molecule has 3 nitrogen and oxygen atoms in total. The van der Waals surface area contributed by atoms with E-state index in [9.17, 15) is 4.79 Å². The molecule has 2 N–H and O–H groups in total. The van der Waals surface area contributed by atoms with Crippen LogP contribution in [-0.2, 0) is 6.42 Å². The fraction of sp³-hybridized carbons (Fsp3) is 0.500. The summed E-state index contributed by atoms with van der Waals surface area (Å²) in [6, 6.07) is 8.06. The molecule has 0 fully saturated rings. The van der Waals surface area contributed by atoms with Crippen molar-refractivity contribution in [1.82, 2.24) is 10.6 Å². The molecule has 0 aliphatic rings. The fourth-order valence-corrected chi connectivity index (χ4v) is 1.77. The Bertz CT molecular complexity index is 363. The maximum Gasteiger partial charge on any atom is 0.314 e. The van der Waals surface area contributed by atoms with Gasteiger partial charge in [0.05, 0.1) is 0 Å². The monoisotopic (exact) mass is 312 g/mol. The van der Waals surface area contributed by atoms with E-state index in [0.717, 1.165) is 23.9 Å². The molecule has 0 spiro atoms. The van der Waals surface area contributed by atoms with Crippen molar-refractivity contribution < 1.29 is 4.79 Å². The third-order valence-corrected chi connectivity index (χ3v) is 3.15. The van der Waals surface area contributed by atoms with Gasteiger partial charge in [-0.05, 0) is 36.5 Å². The van der Waals surface area contributed by atoms with Gasteiger partial charge in [-0.25, -0.2) is 4.79 Å². The second-order valence-corrected chi connectivity index (χ2v) is 5.66. The molecule has 1 rings (SSSR count). The third-order valence-electron chi connectivity index (χ3n) is 2.62. The van der Waals surface area contributed by atoms with Gasteiger partial charge in [0.2, 0.25) is 0 Å². The molecule has 100 valence electrons. The van der Waals surface area contributed by atoms with E-state index >= 15 is 0 Å². The Balaban J connectivity index is 2.13. The van der Waals surface area contributed by atoms with Crippen LogP contribution in [0.4, 0.5) is 4.79 Å². The smallest absolute Gasteiger partial charge is 0.314 e. The molecule has 0 aromatic heterocycles. The first kappa shape index (κ1) is 15.0. The molecule has 1 aromatic carbocycles. The lowest BCUT2D eigenvalue weighted by Crippen LogP contribution is -2.37. The quantitative estimate of drug-likeness (QED) is 0.831. The number of rotatable bonds is 6. The number of halogens is 1. The van der Waals surface area contributed by atoms with Crippen LogP contribution in [0.15, 0.2) is 28.7 Å². The van der Waals surface area contributed by atoms with Crippen molar-refractivity contribution in [2.45, 2.75) is 26.7 Å². The molecule has 0 saturated carbocycles. The molecule has 18 heavy (non-hydrogen) atoms. The van der Waals surface area contributed by atoms with E-state index < -0.39 is 0 Å². The normalized spacial score (nSPS) is 10.4. The van der Waals surface area contributed by atoms with Crippen molar-refractivity contribution in [1.29, 1.82) is 0 Å². The summed E-state index contributed by atoms with van der Waals surface area (Å²) in [6.45, 7) is 5.69. The van der Waals surface area contributed by atoms with E-state index in [-0.39, 0.29) is 6.03 Å². The van der Waals surface area contributed by atoms with E-state index in [1.165, 1.54) is 5.56 Å². The van der Waals surface area contributed by atoms with Crippen molar-refractivity contribution in [3.05, 3.63) is 34.3 Å². The third kappa shape index (κ3) is 6.64. The average molecular weight is 313 g/mol. The zero-order valence-electron chi connectivity index (χ0n) is 11.0. The van der Waals surface area contributed by atoms with Gasteiger partial charge in [-0.1, -0.05) is 41.9 Å². The van der Waals surface area contributed by atoms with Gasteiger partial charge in [-0.15, -0.1) is 0 Å². The van der Waals surface area contributed by atoms with Crippen molar-refractivity contribution >= 4 is 22.0 Å². The van der Waals surface area contributed by atoms with E-state index in [2.05, 4.69) is 52.5 Å². The Labute approximate surface area is 117 Å². The van der Waals surface area contributed by atoms with Crippen LogP contribution < -0.4 is 10.6 Å². The Hall–Kier alpha value is -1.03. The van der Waals surface area contributed by atoms with Crippen LogP contribution in [0.25, 0.3) is 0 Å². The molecule has 0 atom stereocenters. The number of amides is 2. The van der Waals surface area contributed by atoms with Gasteiger partial charge >= 0.3 is 6.03 Å². The molecule has 0 radical (unpaired) electrons. The Morgan fingerprint density at radius 3 is 2.39 bits per heavy atom. The van der Waals surface area contributed by atoms with Gasteiger partial charge in [0.1, 0.15) is 0 Å². The first-order valence-electron chi connectivity index (χ1n) is 6.34. The number of nitrogens with one attached hydrogen (secondary N) is 2. The minimum Gasteiger partial charge on any atom is -0.338 e. The van der Waals surface area contributed by atoms with Gasteiger partial charge in [0, 0.05) is 17.6 Å². The van der Waals surface area contributed by atoms with Gasteiger partial charge in [-0.3, -0.25) is 0 Å². The zero-order chi connectivity index (χ0) is 13.4. The molecular formula is C14H21BrN2O. The van der Waals surface area contributed by atoms with Crippen molar-refractivity contribution in [3.63, 3.8) is 0 Å². The summed E-state index contributed by atoms with van der Waals surface area (Å²) in [5.41, 5.74) is 1.22. The van der Waals surface area contributed by atoms with Crippen LogP contribution in [-0.4, -0.2) is 19.1 Å². The summed E-state index contributed by atoms with van der Waals surface area (Å²) >= 11 is 3.40. The highest BCUT2D eigenvalue weighted by molar-refractivity contribution is 9.10. The fourth-order valence-electron chi connectivity index (χ4n) is 1.51. The topological polar surface area (TPSA) is 41.1 Å². The summed E-state index contributed by atoms with van der Waals surface area (Å²) in [4.78, 5) is 11.4. The minimum absolute atomic E-state index is 0.0761. The van der Waals surface area contributed by atoms with E-state index in [0.29, 0.717) is 12.5 Å². The van der Waals surface area contributed by atoms with E-state index in [1.807, 2.05) is 12.1 Å². The van der Waals surface area contributed by atoms with Crippen LogP contribution in [0.3, 0.4) is 0 Å². The molecule has 0 saturated heterocycles. The Kier molecular flexibility index (Phi) is 6.80. The first-order valence-corrected chi connectivity index (χ1v) is 7.13. The Morgan fingerprint density at radius 1 is 1.17 bits per heavy atom. The van der Waals surface area contributed by atoms with E-state index in [1.54, 1.807) is 0 Å². The molecule has 0 aliphatic carbocycles. The molecule has 2 amide bonds. The molecule has 1 aromatic rings. The molecule has 0 aliphatic heterocycles. The average Bonchev–Trinajstić information content (AvgIpc) is 2.31. The number of benzene rings is 1. The second kappa shape index (κ2) is 8.14. The number of hydrogen-bond donors (Lipinski definition) is 2. The number of carbonyl (C=O) groups is 1. The SMILES string of the molecule is CC(C)CCNC(=O)NCCc1ccc(Br)cc1. The lowest BCUT2D eigenvalue weighted by atomic mass is 10.1. The molecule has 0 heterocycles. The number of urea groups is 1. The maximum atomic E-state index is 11.4. The summed E-state index contributed by atoms with van der Waals surface area (Å²) in [6.07, 6.45) is 1.87. The van der Waals surface area contributed by atoms with Gasteiger partial charge < -0.3 is 10.6 Å². The second-order valence-electron chi connectivity index (χ2n) is 4.74. The Morgan fingerprint density at radius 2 is 1.78 bits per heavy atom. The molecule has 0 bridgehead atoms. The zero-order valence-corrected chi connectivity index (χ0v) is 12.6. The highest BCUT2D eigenvalue weighted by atomic mass is 79.9. The predicted molar refractivity (Wildman–Crippen MR) is 78.7 cm³/mol. The van der Waals surface area contributed by atoms with Crippen LogP contribution in [0.1, 0.15) is 25.8 Å². The summed E-state index contributed by atoms with van der Waals surface area (Å²) < 4.78 is 1.07. The van der Waals surface area contributed by atoms with Crippen molar-refractivity contribution in [2.75, 3.05) is 13.1 Å². The molecule has 0 unspecified atom stereocenters. The minimum atomic E-state index is -0.0761. The lowest BCUT2D eigenvalue weighted by Gasteiger charge is -2.09. The highest BCUT2D eigenvalue weighted by Gasteiger charge is 2.00. The van der Waals surface area contributed by atoms with Crippen LogP contribution in [0.2, 0.25) is 0 Å². The van der Waals surface area contributed by atoms with E-state index in [4.69, 9.17) is 0 Å². The molecular weight excluding hydrogens is 292 g/mol. The summed E-state index contributed by atoms with van der Waals surface area (Å²) in [5, 5.41) is 5.71. The van der Waals surface area contributed by atoms with Crippen LogP contribution in [0.5, 0.6) is 0 Å². The van der Waals surface area contributed by atoms with Gasteiger partial charge in [-0.2, -0.15) is 0 Å². The standard InChI is InChI=1S/C14H21BrN2O/c1-11(2)7-9-16-14(18)17-10-8-12-3-5-13(15)6-4-12/h3-6,11H,7-10H2,1-2H3,(H2,16,17,18).